The lowest BCUT2D eigenvalue weighted by Gasteiger charge is -2.32. The second kappa shape index (κ2) is 8.96. The molecule has 1 atom stereocenters. The van der Waals surface area contributed by atoms with Crippen molar-refractivity contribution < 1.29 is 18.3 Å². The number of benzene rings is 2. The average molecular weight is 383 g/mol. The molecular weight excluding hydrogens is 362 g/mol. The second-order valence-electron chi connectivity index (χ2n) is 6.08. The Labute approximate surface area is 157 Å². The van der Waals surface area contributed by atoms with E-state index in [1.54, 1.807) is 24.3 Å². The highest BCUT2D eigenvalue weighted by Gasteiger charge is 2.23. The molecule has 4 nitrogen and oxygen atoms in total. The van der Waals surface area contributed by atoms with Crippen molar-refractivity contribution in [1.29, 1.82) is 0 Å². The van der Waals surface area contributed by atoms with Gasteiger partial charge in [-0.25, -0.2) is 8.78 Å². The van der Waals surface area contributed by atoms with Crippen LogP contribution in [0.2, 0.25) is 0 Å². The Balaban J connectivity index is 0.00000243. The molecule has 0 saturated carbocycles. The Morgan fingerprint density at radius 1 is 1.19 bits per heavy atom. The highest BCUT2D eigenvalue weighted by molar-refractivity contribution is 5.94. The maximum absolute atomic E-state index is 13.6. The van der Waals surface area contributed by atoms with Crippen LogP contribution >= 0.6 is 12.4 Å². The molecule has 0 radical (unpaired) electrons. The Morgan fingerprint density at radius 3 is 2.58 bits per heavy atom. The number of nitrogens with one attached hydrogen (secondary N) is 1. The summed E-state index contributed by atoms with van der Waals surface area (Å²) in [4.78, 5) is 14.4. The average Bonchev–Trinajstić information content (AvgIpc) is 2.64. The Hall–Kier alpha value is -2.18. The van der Waals surface area contributed by atoms with Gasteiger partial charge in [0.1, 0.15) is 11.6 Å². The summed E-state index contributed by atoms with van der Waals surface area (Å²) in [7, 11) is 1.90. The van der Waals surface area contributed by atoms with E-state index in [2.05, 4.69) is 5.32 Å². The van der Waals surface area contributed by atoms with Crippen molar-refractivity contribution in [2.45, 2.75) is 18.9 Å². The number of rotatable bonds is 4. The van der Waals surface area contributed by atoms with E-state index >= 15 is 0 Å². The topological polar surface area (TPSA) is 41.6 Å². The Kier molecular flexibility index (Phi) is 6.94. The van der Waals surface area contributed by atoms with Crippen LogP contribution in [0.25, 0.3) is 0 Å². The summed E-state index contributed by atoms with van der Waals surface area (Å²) in [6.07, 6.45) is 2.04. The highest BCUT2D eigenvalue weighted by Crippen LogP contribution is 2.25. The van der Waals surface area contributed by atoms with Crippen molar-refractivity contribution in [3.8, 4) is 11.5 Å². The summed E-state index contributed by atoms with van der Waals surface area (Å²) in [5.74, 6) is -1.14. The van der Waals surface area contributed by atoms with Crippen molar-refractivity contribution in [1.82, 2.24) is 10.2 Å². The molecule has 1 amide bonds. The molecule has 1 unspecified atom stereocenters. The summed E-state index contributed by atoms with van der Waals surface area (Å²) in [6.45, 7) is 1.43. The van der Waals surface area contributed by atoms with Gasteiger partial charge >= 0.3 is 0 Å². The highest BCUT2D eigenvalue weighted by atomic mass is 35.5. The summed E-state index contributed by atoms with van der Waals surface area (Å²) in [5, 5.41) is 3.21. The van der Waals surface area contributed by atoms with Crippen LogP contribution in [0.4, 0.5) is 8.78 Å². The van der Waals surface area contributed by atoms with Crippen molar-refractivity contribution in [2.75, 3.05) is 20.1 Å². The van der Waals surface area contributed by atoms with E-state index in [0.717, 1.165) is 31.5 Å². The number of hydrogen-bond donors (Lipinski definition) is 1. The fraction of sp³-hybridized carbons (Fsp3) is 0.316. The number of piperidine rings is 1. The van der Waals surface area contributed by atoms with Crippen LogP contribution in [0.1, 0.15) is 23.2 Å². The molecule has 0 bridgehead atoms. The fourth-order valence-electron chi connectivity index (χ4n) is 2.93. The molecule has 26 heavy (non-hydrogen) atoms. The molecule has 0 aromatic heterocycles. The fourth-order valence-corrected chi connectivity index (χ4v) is 2.93. The molecule has 2 aromatic carbocycles. The van der Waals surface area contributed by atoms with Gasteiger partial charge in [-0.05, 0) is 56.3 Å². The van der Waals surface area contributed by atoms with E-state index in [-0.39, 0.29) is 24.1 Å². The minimum atomic E-state index is -0.772. The monoisotopic (exact) mass is 382 g/mol. The number of ether oxygens (including phenoxy) is 1. The SMILES string of the molecule is CNC1CCCN(C(=O)c2ccc(Oc3ccc(F)cc3F)cc2)C1.Cl. The molecule has 1 heterocycles. The Bertz CT molecular complexity index is 756. The number of hydrogen-bond acceptors (Lipinski definition) is 3. The summed E-state index contributed by atoms with van der Waals surface area (Å²) < 4.78 is 31.9. The van der Waals surface area contributed by atoms with Gasteiger partial charge in [-0.1, -0.05) is 0 Å². The predicted octanol–water partition coefficient (Wildman–Crippen LogP) is 4.00. The van der Waals surface area contributed by atoms with Gasteiger partial charge in [-0.15, -0.1) is 12.4 Å². The third-order valence-corrected chi connectivity index (χ3v) is 4.34. The third-order valence-electron chi connectivity index (χ3n) is 4.34. The summed E-state index contributed by atoms with van der Waals surface area (Å²) in [5.41, 5.74) is 0.559. The lowest BCUT2D eigenvalue weighted by molar-refractivity contribution is 0.0698. The molecule has 1 saturated heterocycles. The van der Waals surface area contributed by atoms with Gasteiger partial charge in [0.25, 0.3) is 5.91 Å². The van der Waals surface area contributed by atoms with Gasteiger partial charge < -0.3 is 15.0 Å². The smallest absolute Gasteiger partial charge is 0.253 e. The van der Waals surface area contributed by atoms with E-state index in [1.165, 1.54) is 6.07 Å². The molecule has 3 rings (SSSR count). The van der Waals surface area contributed by atoms with E-state index in [4.69, 9.17) is 4.74 Å². The molecule has 1 aliphatic heterocycles. The number of likely N-dealkylation sites (tertiary alicyclic amines) is 1. The van der Waals surface area contributed by atoms with Crippen LogP contribution in [-0.4, -0.2) is 37.0 Å². The van der Waals surface area contributed by atoms with Gasteiger partial charge in [0.05, 0.1) is 0 Å². The molecular formula is C19H21ClF2N2O2. The van der Waals surface area contributed by atoms with E-state index in [0.29, 0.717) is 23.9 Å². The van der Waals surface area contributed by atoms with Gasteiger partial charge in [-0.3, -0.25) is 4.79 Å². The quantitative estimate of drug-likeness (QED) is 0.868. The van der Waals surface area contributed by atoms with Crippen LogP contribution in [0, 0.1) is 11.6 Å². The second-order valence-corrected chi connectivity index (χ2v) is 6.08. The lowest BCUT2D eigenvalue weighted by Crippen LogP contribution is -2.46. The van der Waals surface area contributed by atoms with Gasteiger partial charge in [0.15, 0.2) is 11.6 Å². The lowest BCUT2D eigenvalue weighted by atomic mass is 10.0. The van der Waals surface area contributed by atoms with Crippen LogP contribution in [0.15, 0.2) is 42.5 Å². The summed E-state index contributed by atoms with van der Waals surface area (Å²) >= 11 is 0. The Morgan fingerprint density at radius 2 is 1.92 bits per heavy atom. The maximum Gasteiger partial charge on any atom is 0.253 e. The molecule has 140 valence electrons. The number of likely N-dealkylation sites (N-methyl/N-ethyl adjacent to an activating group) is 1. The van der Waals surface area contributed by atoms with Crippen molar-refractivity contribution in [2.24, 2.45) is 0 Å². The van der Waals surface area contributed by atoms with Gasteiger partial charge in [-0.2, -0.15) is 0 Å². The van der Waals surface area contributed by atoms with Crippen molar-refractivity contribution in [3.05, 3.63) is 59.7 Å². The van der Waals surface area contributed by atoms with Crippen LogP contribution in [0.5, 0.6) is 11.5 Å². The molecule has 2 aromatic rings. The molecule has 1 N–H and O–H groups in total. The van der Waals surface area contributed by atoms with E-state index in [1.807, 2.05) is 11.9 Å². The first-order valence-corrected chi connectivity index (χ1v) is 8.26. The minimum Gasteiger partial charge on any atom is -0.454 e. The van der Waals surface area contributed by atoms with Gasteiger partial charge in [0, 0.05) is 30.8 Å². The zero-order valence-corrected chi connectivity index (χ0v) is 15.2. The zero-order chi connectivity index (χ0) is 17.8. The molecule has 1 fully saturated rings. The normalized spacial score (nSPS) is 16.7. The van der Waals surface area contributed by atoms with Crippen molar-refractivity contribution in [3.63, 3.8) is 0 Å². The molecule has 0 aliphatic carbocycles. The standard InChI is InChI=1S/C19H20F2N2O2.ClH/c1-22-15-3-2-10-23(12-15)19(24)13-4-7-16(8-5-13)25-18-9-6-14(20)11-17(18)21;/h4-9,11,15,22H,2-3,10,12H2,1H3;1H. The number of halogens is 3. The van der Waals surface area contributed by atoms with Gasteiger partial charge in [0.2, 0.25) is 0 Å². The van der Waals surface area contributed by atoms with Crippen molar-refractivity contribution >= 4 is 18.3 Å². The maximum atomic E-state index is 13.6. The minimum absolute atomic E-state index is 0. The molecule has 1 aliphatic rings. The van der Waals surface area contributed by atoms with Crippen LogP contribution < -0.4 is 10.1 Å². The zero-order valence-electron chi connectivity index (χ0n) is 14.4. The van der Waals surface area contributed by atoms with Crippen LogP contribution in [0.3, 0.4) is 0 Å². The number of amides is 1. The predicted molar refractivity (Wildman–Crippen MR) is 98.1 cm³/mol. The molecule has 0 spiro atoms. The summed E-state index contributed by atoms with van der Waals surface area (Å²) in [6, 6.07) is 9.97. The number of carbonyl (C=O) groups is 1. The molecule has 7 heteroatoms. The first-order chi connectivity index (χ1) is 12.1. The third kappa shape index (κ3) is 4.71. The van der Waals surface area contributed by atoms with E-state index in [9.17, 15) is 13.6 Å². The van der Waals surface area contributed by atoms with Crippen LogP contribution in [-0.2, 0) is 0 Å². The first kappa shape index (κ1) is 20.1. The first-order valence-electron chi connectivity index (χ1n) is 8.26. The number of carbonyl (C=O) groups excluding carboxylic acids is 1. The van der Waals surface area contributed by atoms with E-state index < -0.39 is 11.6 Å². The number of nitrogens with zero attached hydrogens (tertiary/aromatic N) is 1. The largest absolute Gasteiger partial charge is 0.454 e.